The maximum Gasteiger partial charge on any atom is 0.233 e. The summed E-state index contributed by atoms with van der Waals surface area (Å²) in [5.41, 5.74) is 0. The standard InChI is InChI=1S/C11H16N4OS2/c1-3-6-12-10-14-15-11(18-10)17-7(2)9(16)13-8-4-5-8/h3,7-8H,1,4-6H2,2H3,(H,12,14)(H,13,16). The summed E-state index contributed by atoms with van der Waals surface area (Å²) in [6.45, 7) is 6.18. The second-order valence-corrected chi connectivity index (χ2v) is 6.65. The minimum Gasteiger partial charge on any atom is -0.357 e. The van der Waals surface area contributed by atoms with E-state index < -0.39 is 0 Å². The van der Waals surface area contributed by atoms with Crippen molar-refractivity contribution in [1.82, 2.24) is 15.5 Å². The number of aromatic nitrogens is 2. The van der Waals surface area contributed by atoms with E-state index in [2.05, 4.69) is 27.4 Å². The number of carbonyl (C=O) groups is 1. The van der Waals surface area contributed by atoms with Gasteiger partial charge in [0.1, 0.15) is 0 Å². The Kier molecular flexibility index (Phi) is 4.60. The number of hydrogen-bond acceptors (Lipinski definition) is 6. The quantitative estimate of drug-likeness (QED) is 0.591. The van der Waals surface area contributed by atoms with Gasteiger partial charge in [-0.2, -0.15) is 0 Å². The van der Waals surface area contributed by atoms with Crippen LogP contribution in [0, 0.1) is 0 Å². The van der Waals surface area contributed by atoms with Crippen LogP contribution in [0.25, 0.3) is 0 Å². The third-order valence-corrected chi connectivity index (χ3v) is 4.44. The predicted molar refractivity (Wildman–Crippen MR) is 75.1 cm³/mol. The van der Waals surface area contributed by atoms with E-state index in [-0.39, 0.29) is 11.2 Å². The molecule has 0 saturated heterocycles. The van der Waals surface area contributed by atoms with Crippen LogP contribution in [-0.2, 0) is 4.79 Å². The normalized spacial score (nSPS) is 16.1. The van der Waals surface area contributed by atoms with Crippen molar-refractivity contribution < 1.29 is 4.79 Å². The number of amides is 1. The Hall–Kier alpha value is -1.08. The van der Waals surface area contributed by atoms with E-state index in [9.17, 15) is 4.79 Å². The van der Waals surface area contributed by atoms with Crippen LogP contribution in [0.3, 0.4) is 0 Å². The third-order valence-electron chi connectivity index (χ3n) is 2.37. The van der Waals surface area contributed by atoms with Gasteiger partial charge in [0.2, 0.25) is 11.0 Å². The molecule has 1 atom stereocenters. The Labute approximate surface area is 114 Å². The number of hydrogen-bond donors (Lipinski definition) is 2. The fraction of sp³-hybridized carbons (Fsp3) is 0.545. The molecule has 0 aromatic carbocycles. The van der Waals surface area contributed by atoms with Gasteiger partial charge in [0.25, 0.3) is 0 Å². The van der Waals surface area contributed by atoms with Crippen LogP contribution in [0.5, 0.6) is 0 Å². The lowest BCUT2D eigenvalue weighted by molar-refractivity contribution is -0.120. The summed E-state index contributed by atoms with van der Waals surface area (Å²) in [6.07, 6.45) is 3.98. The molecule has 1 saturated carbocycles. The molecular weight excluding hydrogens is 268 g/mol. The smallest absolute Gasteiger partial charge is 0.233 e. The molecule has 1 amide bonds. The third kappa shape index (κ3) is 3.99. The first-order valence-corrected chi connectivity index (χ1v) is 7.54. The summed E-state index contributed by atoms with van der Waals surface area (Å²) >= 11 is 2.90. The molecule has 1 aliphatic carbocycles. The number of rotatable bonds is 7. The molecule has 2 N–H and O–H groups in total. The van der Waals surface area contributed by atoms with Crippen LogP contribution in [0.1, 0.15) is 19.8 Å². The molecule has 1 heterocycles. The highest BCUT2D eigenvalue weighted by molar-refractivity contribution is 8.02. The van der Waals surface area contributed by atoms with E-state index in [1.54, 1.807) is 6.08 Å². The zero-order chi connectivity index (χ0) is 13.0. The average Bonchev–Trinajstić information content (AvgIpc) is 3.05. The highest BCUT2D eigenvalue weighted by atomic mass is 32.2. The Morgan fingerprint density at radius 2 is 2.44 bits per heavy atom. The Balaban J connectivity index is 1.81. The predicted octanol–water partition coefficient (Wildman–Crippen LogP) is 1.90. The number of carbonyl (C=O) groups excluding carboxylic acids is 1. The van der Waals surface area contributed by atoms with Crippen LogP contribution in [-0.4, -0.2) is 33.9 Å². The van der Waals surface area contributed by atoms with Crippen molar-refractivity contribution in [3.8, 4) is 0 Å². The summed E-state index contributed by atoms with van der Waals surface area (Å²) < 4.78 is 0.806. The van der Waals surface area contributed by atoms with Crippen LogP contribution in [0.15, 0.2) is 17.0 Å². The zero-order valence-electron chi connectivity index (χ0n) is 10.2. The maximum atomic E-state index is 11.8. The minimum atomic E-state index is -0.134. The summed E-state index contributed by atoms with van der Waals surface area (Å²) in [4.78, 5) is 11.8. The molecule has 2 rings (SSSR count). The molecule has 1 aromatic heterocycles. The van der Waals surface area contributed by atoms with Crippen LogP contribution >= 0.6 is 23.1 Å². The molecule has 1 aliphatic rings. The van der Waals surface area contributed by atoms with E-state index in [4.69, 9.17) is 0 Å². The Morgan fingerprint density at radius 1 is 1.67 bits per heavy atom. The Morgan fingerprint density at radius 3 is 3.11 bits per heavy atom. The van der Waals surface area contributed by atoms with Gasteiger partial charge in [-0.3, -0.25) is 4.79 Å². The van der Waals surface area contributed by atoms with Crippen molar-refractivity contribution in [2.45, 2.75) is 35.4 Å². The van der Waals surface area contributed by atoms with E-state index in [1.807, 2.05) is 6.92 Å². The number of nitrogens with one attached hydrogen (secondary N) is 2. The van der Waals surface area contributed by atoms with Gasteiger partial charge in [0.15, 0.2) is 4.34 Å². The number of thioether (sulfide) groups is 1. The molecule has 0 radical (unpaired) electrons. The lowest BCUT2D eigenvalue weighted by Crippen LogP contribution is -2.32. The molecule has 18 heavy (non-hydrogen) atoms. The largest absolute Gasteiger partial charge is 0.357 e. The fourth-order valence-electron chi connectivity index (χ4n) is 1.24. The molecule has 5 nitrogen and oxygen atoms in total. The van der Waals surface area contributed by atoms with Crippen LogP contribution in [0.4, 0.5) is 5.13 Å². The van der Waals surface area contributed by atoms with E-state index in [0.717, 1.165) is 22.3 Å². The van der Waals surface area contributed by atoms with Gasteiger partial charge in [0, 0.05) is 12.6 Å². The molecule has 0 aliphatic heterocycles. The first-order chi connectivity index (χ1) is 8.69. The molecule has 7 heteroatoms. The molecule has 0 spiro atoms. The Bertz CT molecular complexity index is 430. The monoisotopic (exact) mass is 284 g/mol. The van der Waals surface area contributed by atoms with E-state index in [1.165, 1.54) is 23.1 Å². The zero-order valence-corrected chi connectivity index (χ0v) is 11.8. The second kappa shape index (κ2) is 6.19. The first kappa shape index (κ1) is 13.4. The van der Waals surface area contributed by atoms with Crippen molar-refractivity contribution in [2.75, 3.05) is 11.9 Å². The molecule has 0 bridgehead atoms. The summed E-state index contributed by atoms with van der Waals surface area (Å²) in [6, 6.07) is 0.403. The SMILES string of the molecule is C=CCNc1nnc(SC(C)C(=O)NC2CC2)s1. The maximum absolute atomic E-state index is 11.8. The summed E-state index contributed by atoms with van der Waals surface area (Å²) in [7, 11) is 0. The molecule has 1 aromatic rings. The van der Waals surface area contributed by atoms with Gasteiger partial charge in [0.05, 0.1) is 5.25 Å². The highest BCUT2D eigenvalue weighted by Gasteiger charge is 2.26. The number of nitrogens with zero attached hydrogens (tertiary/aromatic N) is 2. The molecule has 1 unspecified atom stereocenters. The van der Waals surface area contributed by atoms with Gasteiger partial charge >= 0.3 is 0 Å². The number of anilines is 1. The van der Waals surface area contributed by atoms with Gasteiger partial charge < -0.3 is 10.6 Å². The van der Waals surface area contributed by atoms with E-state index >= 15 is 0 Å². The van der Waals surface area contributed by atoms with Crippen molar-refractivity contribution >= 4 is 34.1 Å². The average molecular weight is 284 g/mol. The topological polar surface area (TPSA) is 66.9 Å². The second-order valence-electron chi connectivity index (χ2n) is 4.09. The van der Waals surface area contributed by atoms with Gasteiger partial charge in [-0.25, -0.2) is 0 Å². The van der Waals surface area contributed by atoms with E-state index in [0.29, 0.717) is 12.6 Å². The van der Waals surface area contributed by atoms with Crippen molar-refractivity contribution in [1.29, 1.82) is 0 Å². The molecule has 1 fully saturated rings. The van der Waals surface area contributed by atoms with Crippen molar-refractivity contribution in [3.05, 3.63) is 12.7 Å². The molecule has 98 valence electrons. The van der Waals surface area contributed by atoms with Gasteiger partial charge in [-0.1, -0.05) is 29.2 Å². The van der Waals surface area contributed by atoms with Gasteiger partial charge in [-0.15, -0.1) is 16.8 Å². The van der Waals surface area contributed by atoms with Crippen molar-refractivity contribution in [2.24, 2.45) is 0 Å². The fourth-order valence-corrected chi connectivity index (χ4v) is 3.15. The lowest BCUT2D eigenvalue weighted by Gasteiger charge is -2.08. The minimum absolute atomic E-state index is 0.0818. The summed E-state index contributed by atoms with van der Waals surface area (Å²) in [5.74, 6) is 0.0818. The van der Waals surface area contributed by atoms with Crippen LogP contribution < -0.4 is 10.6 Å². The van der Waals surface area contributed by atoms with Crippen molar-refractivity contribution in [3.63, 3.8) is 0 Å². The first-order valence-electron chi connectivity index (χ1n) is 5.84. The molecular formula is C11H16N4OS2. The highest BCUT2D eigenvalue weighted by Crippen LogP contribution is 2.29. The van der Waals surface area contributed by atoms with Gasteiger partial charge in [-0.05, 0) is 19.8 Å². The lowest BCUT2D eigenvalue weighted by atomic mass is 10.4. The van der Waals surface area contributed by atoms with Crippen LogP contribution in [0.2, 0.25) is 0 Å². The summed E-state index contributed by atoms with van der Waals surface area (Å²) in [5, 5.41) is 14.7.